The number of aromatic nitrogens is 3. The predicted octanol–water partition coefficient (Wildman–Crippen LogP) is 0.513. The highest BCUT2D eigenvalue weighted by atomic mass is 16.3. The average molecular weight is 345 g/mol. The molecule has 0 aromatic carbocycles. The summed E-state index contributed by atoms with van der Waals surface area (Å²) >= 11 is 0. The van der Waals surface area contributed by atoms with Gasteiger partial charge in [0, 0.05) is 17.7 Å². The van der Waals surface area contributed by atoms with Crippen molar-refractivity contribution in [1.29, 1.82) is 0 Å². The summed E-state index contributed by atoms with van der Waals surface area (Å²) in [7, 11) is 0. The first-order valence-corrected chi connectivity index (χ1v) is 8.34. The van der Waals surface area contributed by atoms with Crippen LogP contribution in [-0.4, -0.2) is 49.2 Å². The smallest absolute Gasteiger partial charge is 0.271 e. The molecular weight excluding hydrogens is 322 g/mol. The van der Waals surface area contributed by atoms with E-state index in [9.17, 15) is 14.7 Å². The van der Waals surface area contributed by atoms with Crippen LogP contribution in [0, 0.1) is 5.92 Å². The zero-order chi connectivity index (χ0) is 18.2. The predicted molar refractivity (Wildman–Crippen MR) is 90.9 cm³/mol. The van der Waals surface area contributed by atoms with Gasteiger partial charge in [0.2, 0.25) is 5.91 Å². The van der Waals surface area contributed by atoms with E-state index in [1.165, 1.54) is 10.7 Å². The third-order valence-electron chi connectivity index (χ3n) is 4.22. The van der Waals surface area contributed by atoms with Gasteiger partial charge in [-0.1, -0.05) is 0 Å². The Labute approximate surface area is 145 Å². The summed E-state index contributed by atoms with van der Waals surface area (Å²) in [5.41, 5.74) is 0.540. The number of hydrogen-bond acceptors (Lipinski definition) is 5. The molecule has 2 heterocycles. The summed E-state index contributed by atoms with van der Waals surface area (Å²) in [5, 5.41) is 20.1. The van der Waals surface area contributed by atoms with Crippen LogP contribution in [0.4, 0.5) is 0 Å². The SMILES string of the molecule is CC(C)(C)NC(=O)[C@@H]1C[C@@H](O)[C@H](NC(=O)c2cnc3cccnn23)C1. The van der Waals surface area contributed by atoms with E-state index in [1.54, 1.807) is 18.3 Å². The largest absolute Gasteiger partial charge is 0.391 e. The van der Waals surface area contributed by atoms with Crippen molar-refractivity contribution in [3.05, 3.63) is 30.2 Å². The van der Waals surface area contributed by atoms with Crippen LogP contribution in [-0.2, 0) is 4.79 Å². The van der Waals surface area contributed by atoms with Crippen LogP contribution in [0.15, 0.2) is 24.5 Å². The minimum Gasteiger partial charge on any atom is -0.391 e. The van der Waals surface area contributed by atoms with E-state index in [1.807, 2.05) is 20.8 Å². The lowest BCUT2D eigenvalue weighted by atomic mass is 10.0. The Morgan fingerprint density at radius 2 is 2.08 bits per heavy atom. The van der Waals surface area contributed by atoms with E-state index in [-0.39, 0.29) is 23.3 Å². The molecular formula is C17H23N5O3. The molecule has 8 heteroatoms. The van der Waals surface area contributed by atoms with E-state index < -0.39 is 12.1 Å². The first kappa shape index (κ1) is 17.3. The van der Waals surface area contributed by atoms with E-state index >= 15 is 0 Å². The van der Waals surface area contributed by atoms with Gasteiger partial charge in [0.15, 0.2) is 5.65 Å². The highest BCUT2D eigenvalue weighted by Crippen LogP contribution is 2.27. The van der Waals surface area contributed by atoms with Gasteiger partial charge in [0.05, 0.1) is 18.3 Å². The van der Waals surface area contributed by atoms with E-state index in [4.69, 9.17) is 0 Å². The van der Waals surface area contributed by atoms with E-state index in [2.05, 4.69) is 20.7 Å². The third kappa shape index (κ3) is 3.79. The standard InChI is InChI=1S/C17H23N5O3/c1-17(2,3)21-15(24)10-7-11(13(23)8-10)20-16(25)12-9-18-14-5-4-6-19-22(12)14/h4-6,9-11,13,23H,7-8H2,1-3H3,(H,20,25)(H,21,24)/t10-,11+,13+/m0/s1. The molecule has 1 fully saturated rings. The molecule has 0 unspecified atom stereocenters. The quantitative estimate of drug-likeness (QED) is 0.751. The van der Waals surface area contributed by atoms with Crippen molar-refractivity contribution in [1.82, 2.24) is 25.2 Å². The molecule has 2 amide bonds. The lowest BCUT2D eigenvalue weighted by molar-refractivity contribution is -0.126. The van der Waals surface area contributed by atoms with Crippen molar-refractivity contribution in [2.24, 2.45) is 5.92 Å². The zero-order valence-corrected chi connectivity index (χ0v) is 14.6. The molecule has 8 nitrogen and oxygen atoms in total. The van der Waals surface area contributed by atoms with Crippen LogP contribution in [0.5, 0.6) is 0 Å². The van der Waals surface area contributed by atoms with Crippen molar-refractivity contribution in [2.45, 2.75) is 51.3 Å². The summed E-state index contributed by atoms with van der Waals surface area (Å²) in [4.78, 5) is 28.9. The number of carbonyl (C=O) groups is 2. The summed E-state index contributed by atoms with van der Waals surface area (Å²) in [6, 6.07) is 3.02. The molecule has 3 atom stereocenters. The number of fused-ring (bicyclic) bond motifs is 1. The Morgan fingerprint density at radius 1 is 1.32 bits per heavy atom. The Balaban J connectivity index is 1.67. The molecule has 0 saturated heterocycles. The zero-order valence-electron chi connectivity index (χ0n) is 14.6. The molecule has 2 aromatic heterocycles. The van der Waals surface area contributed by atoms with Crippen LogP contribution in [0.25, 0.3) is 5.65 Å². The fourth-order valence-corrected chi connectivity index (χ4v) is 3.08. The number of hydrogen-bond donors (Lipinski definition) is 3. The summed E-state index contributed by atoms with van der Waals surface area (Å²) in [5.74, 6) is -0.785. The van der Waals surface area contributed by atoms with Gasteiger partial charge in [-0.25, -0.2) is 9.50 Å². The highest BCUT2D eigenvalue weighted by Gasteiger charge is 2.38. The van der Waals surface area contributed by atoms with Crippen LogP contribution < -0.4 is 10.6 Å². The number of rotatable bonds is 3. The highest BCUT2D eigenvalue weighted by molar-refractivity contribution is 5.93. The minimum absolute atomic E-state index is 0.0974. The van der Waals surface area contributed by atoms with Gasteiger partial charge >= 0.3 is 0 Å². The van der Waals surface area contributed by atoms with Gasteiger partial charge in [0.25, 0.3) is 5.91 Å². The normalized spacial score (nSPS) is 23.6. The van der Waals surface area contributed by atoms with Gasteiger partial charge in [-0.2, -0.15) is 5.10 Å². The Morgan fingerprint density at radius 3 is 2.80 bits per heavy atom. The molecule has 1 saturated carbocycles. The summed E-state index contributed by atoms with van der Waals surface area (Å²) in [6.45, 7) is 5.73. The lowest BCUT2D eigenvalue weighted by Gasteiger charge is -2.23. The molecule has 0 radical (unpaired) electrons. The Bertz CT molecular complexity index is 795. The topological polar surface area (TPSA) is 109 Å². The molecule has 0 aliphatic heterocycles. The van der Waals surface area contributed by atoms with Gasteiger partial charge in [-0.05, 0) is 45.7 Å². The molecule has 2 aromatic rings. The molecule has 0 spiro atoms. The minimum atomic E-state index is -0.758. The number of carbonyl (C=O) groups excluding carboxylic acids is 2. The van der Waals surface area contributed by atoms with Crippen LogP contribution in [0.1, 0.15) is 44.1 Å². The molecule has 1 aliphatic rings. The molecule has 3 rings (SSSR count). The van der Waals surface area contributed by atoms with Crippen molar-refractivity contribution >= 4 is 17.5 Å². The van der Waals surface area contributed by atoms with Crippen LogP contribution in [0.3, 0.4) is 0 Å². The second-order valence-electron chi connectivity index (χ2n) is 7.49. The van der Waals surface area contributed by atoms with Crippen molar-refractivity contribution < 1.29 is 14.7 Å². The number of imidazole rings is 1. The molecule has 0 bridgehead atoms. The molecule has 134 valence electrons. The second-order valence-corrected chi connectivity index (χ2v) is 7.49. The van der Waals surface area contributed by atoms with Gasteiger partial charge in [0.1, 0.15) is 5.69 Å². The fraction of sp³-hybridized carbons (Fsp3) is 0.529. The molecule has 3 N–H and O–H groups in total. The maximum atomic E-state index is 12.5. The van der Waals surface area contributed by atoms with Gasteiger partial charge in [-0.15, -0.1) is 0 Å². The summed E-state index contributed by atoms with van der Waals surface area (Å²) < 4.78 is 1.44. The number of nitrogens with zero attached hydrogens (tertiary/aromatic N) is 3. The second kappa shape index (κ2) is 6.44. The first-order chi connectivity index (χ1) is 11.7. The maximum absolute atomic E-state index is 12.5. The van der Waals surface area contributed by atoms with E-state index in [0.717, 1.165) is 0 Å². The number of amides is 2. The number of nitrogens with one attached hydrogen (secondary N) is 2. The first-order valence-electron chi connectivity index (χ1n) is 8.34. The maximum Gasteiger partial charge on any atom is 0.271 e. The fourth-order valence-electron chi connectivity index (χ4n) is 3.08. The number of aliphatic hydroxyl groups is 1. The van der Waals surface area contributed by atoms with Crippen LogP contribution >= 0.6 is 0 Å². The molecule has 25 heavy (non-hydrogen) atoms. The van der Waals surface area contributed by atoms with Crippen LogP contribution in [0.2, 0.25) is 0 Å². The monoisotopic (exact) mass is 345 g/mol. The van der Waals surface area contributed by atoms with E-state index in [0.29, 0.717) is 24.2 Å². The lowest BCUT2D eigenvalue weighted by Crippen LogP contribution is -2.44. The third-order valence-corrected chi connectivity index (χ3v) is 4.22. The van der Waals surface area contributed by atoms with Gasteiger partial charge < -0.3 is 15.7 Å². The average Bonchev–Trinajstić information content (AvgIpc) is 3.10. The Kier molecular flexibility index (Phi) is 4.47. The summed E-state index contributed by atoms with van der Waals surface area (Å²) in [6.07, 6.45) is 3.00. The molecule has 1 aliphatic carbocycles. The van der Waals surface area contributed by atoms with Crippen molar-refractivity contribution in [2.75, 3.05) is 0 Å². The number of aliphatic hydroxyl groups excluding tert-OH is 1. The van der Waals surface area contributed by atoms with Gasteiger partial charge in [-0.3, -0.25) is 9.59 Å². The Hall–Kier alpha value is -2.48. The van der Waals surface area contributed by atoms with Crippen molar-refractivity contribution in [3.8, 4) is 0 Å². The van der Waals surface area contributed by atoms with Crippen molar-refractivity contribution in [3.63, 3.8) is 0 Å².